The highest BCUT2D eigenvalue weighted by Crippen LogP contribution is 2.31. The third-order valence-corrected chi connectivity index (χ3v) is 2.05. The van der Waals surface area contributed by atoms with Gasteiger partial charge in [-0.25, -0.2) is 0 Å². The first kappa shape index (κ1) is 8.10. The minimum Gasteiger partial charge on any atom is -0.493 e. The molecule has 1 aliphatic rings. The molecule has 0 radical (unpaired) electrons. The highest BCUT2D eigenvalue weighted by atomic mass is 16.5. The summed E-state index contributed by atoms with van der Waals surface area (Å²) in [5.41, 5.74) is 1.99. The first-order valence-electron chi connectivity index (χ1n) is 4.29. The average molecular weight is 177 g/mol. The van der Waals surface area contributed by atoms with Crippen LogP contribution in [-0.2, 0) is 11.2 Å². The van der Waals surface area contributed by atoms with Crippen LogP contribution < -0.4 is 10.1 Å². The summed E-state index contributed by atoms with van der Waals surface area (Å²) >= 11 is 0. The van der Waals surface area contributed by atoms with Gasteiger partial charge < -0.3 is 10.1 Å². The van der Waals surface area contributed by atoms with Crippen LogP contribution in [0.15, 0.2) is 18.2 Å². The van der Waals surface area contributed by atoms with E-state index in [9.17, 15) is 4.79 Å². The Morgan fingerprint density at radius 2 is 2.38 bits per heavy atom. The molecule has 1 aliphatic heterocycles. The molecule has 0 aliphatic carbocycles. The zero-order valence-electron chi connectivity index (χ0n) is 7.46. The van der Waals surface area contributed by atoms with Crippen molar-refractivity contribution in [1.82, 2.24) is 0 Å². The van der Waals surface area contributed by atoms with E-state index in [0.717, 1.165) is 23.4 Å². The minimum atomic E-state index is -0.0414. The van der Waals surface area contributed by atoms with Gasteiger partial charge in [0, 0.05) is 24.6 Å². The van der Waals surface area contributed by atoms with Gasteiger partial charge in [-0.15, -0.1) is 0 Å². The van der Waals surface area contributed by atoms with E-state index in [1.807, 2.05) is 18.2 Å². The molecule has 2 rings (SSSR count). The second-order valence-electron chi connectivity index (χ2n) is 3.06. The fraction of sp³-hybridized carbons (Fsp3) is 0.300. The van der Waals surface area contributed by atoms with Crippen LogP contribution in [0.1, 0.15) is 12.5 Å². The number of anilines is 1. The van der Waals surface area contributed by atoms with Gasteiger partial charge in [-0.2, -0.15) is 0 Å². The quantitative estimate of drug-likeness (QED) is 0.707. The predicted octanol–water partition coefficient (Wildman–Crippen LogP) is 1.58. The molecule has 1 heterocycles. The van der Waals surface area contributed by atoms with Crippen molar-refractivity contribution in [3.8, 4) is 5.75 Å². The lowest BCUT2D eigenvalue weighted by molar-refractivity contribution is -0.114. The molecule has 0 aromatic heterocycles. The Labute approximate surface area is 76.7 Å². The third kappa shape index (κ3) is 1.49. The van der Waals surface area contributed by atoms with Crippen molar-refractivity contribution in [3.63, 3.8) is 0 Å². The number of carbonyl (C=O) groups excluding carboxylic acids is 1. The fourth-order valence-electron chi connectivity index (χ4n) is 1.53. The van der Waals surface area contributed by atoms with Gasteiger partial charge in [-0.05, 0) is 12.1 Å². The second-order valence-corrected chi connectivity index (χ2v) is 3.06. The maximum atomic E-state index is 10.9. The lowest BCUT2D eigenvalue weighted by atomic mass is 10.1. The molecule has 0 unspecified atom stereocenters. The zero-order chi connectivity index (χ0) is 9.26. The summed E-state index contributed by atoms with van der Waals surface area (Å²) in [4.78, 5) is 10.9. The number of rotatable bonds is 1. The molecule has 3 nitrogen and oxygen atoms in total. The van der Waals surface area contributed by atoms with E-state index in [2.05, 4.69) is 5.32 Å². The van der Waals surface area contributed by atoms with Gasteiger partial charge in [0.2, 0.25) is 5.91 Å². The van der Waals surface area contributed by atoms with Gasteiger partial charge in [0.05, 0.1) is 6.61 Å². The van der Waals surface area contributed by atoms with Gasteiger partial charge in [0.25, 0.3) is 0 Å². The first-order valence-corrected chi connectivity index (χ1v) is 4.29. The molecule has 3 heteroatoms. The maximum Gasteiger partial charge on any atom is 0.221 e. The summed E-state index contributed by atoms with van der Waals surface area (Å²) in [6, 6.07) is 5.71. The summed E-state index contributed by atoms with van der Waals surface area (Å²) < 4.78 is 5.37. The zero-order valence-corrected chi connectivity index (χ0v) is 7.46. The molecule has 1 amide bonds. The normalized spacial score (nSPS) is 13.3. The molecule has 0 atom stereocenters. The molecule has 0 bridgehead atoms. The van der Waals surface area contributed by atoms with Crippen LogP contribution in [0.5, 0.6) is 5.75 Å². The van der Waals surface area contributed by atoms with E-state index in [0.29, 0.717) is 6.61 Å². The van der Waals surface area contributed by atoms with Crippen molar-refractivity contribution in [1.29, 1.82) is 0 Å². The van der Waals surface area contributed by atoms with Gasteiger partial charge in [-0.1, -0.05) is 6.07 Å². The third-order valence-electron chi connectivity index (χ3n) is 2.05. The molecule has 0 fully saturated rings. The molecule has 0 spiro atoms. The van der Waals surface area contributed by atoms with Gasteiger partial charge in [-0.3, -0.25) is 4.79 Å². The molecule has 68 valence electrons. The standard InChI is InChI=1S/C10H11NO2/c1-7(12)11-9-3-2-4-10-8(9)5-6-13-10/h2-4H,5-6H2,1H3,(H,11,12). The van der Waals surface area contributed by atoms with Crippen molar-refractivity contribution >= 4 is 11.6 Å². The summed E-state index contributed by atoms with van der Waals surface area (Å²) in [6.45, 7) is 2.22. The lowest BCUT2D eigenvalue weighted by Gasteiger charge is -2.06. The van der Waals surface area contributed by atoms with Crippen LogP contribution in [-0.4, -0.2) is 12.5 Å². The topological polar surface area (TPSA) is 38.3 Å². The number of carbonyl (C=O) groups is 1. The van der Waals surface area contributed by atoms with Gasteiger partial charge in [0.15, 0.2) is 0 Å². The number of hydrogen-bond donors (Lipinski definition) is 1. The molecule has 13 heavy (non-hydrogen) atoms. The molecule has 0 saturated heterocycles. The second kappa shape index (κ2) is 3.09. The van der Waals surface area contributed by atoms with E-state index in [1.165, 1.54) is 6.92 Å². The number of fused-ring (bicyclic) bond motifs is 1. The Bertz CT molecular complexity index is 347. The largest absolute Gasteiger partial charge is 0.493 e. The van der Waals surface area contributed by atoms with Crippen molar-refractivity contribution in [2.45, 2.75) is 13.3 Å². The molecular formula is C10H11NO2. The number of amides is 1. The predicted molar refractivity (Wildman–Crippen MR) is 49.9 cm³/mol. The van der Waals surface area contributed by atoms with E-state index >= 15 is 0 Å². The molecule has 1 aromatic carbocycles. The molecule has 1 N–H and O–H groups in total. The summed E-state index contributed by atoms with van der Waals surface area (Å²) in [5.74, 6) is 0.853. The number of ether oxygens (including phenoxy) is 1. The Kier molecular flexibility index (Phi) is 1.93. The Morgan fingerprint density at radius 1 is 1.54 bits per heavy atom. The Morgan fingerprint density at radius 3 is 3.15 bits per heavy atom. The minimum absolute atomic E-state index is 0.0414. The van der Waals surface area contributed by atoms with Crippen molar-refractivity contribution in [3.05, 3.63) is 23.8 Å². The van der Waals surface area contributed by atoms with Crippen LogP contribution in [0.4, 0.5) is 5.69 Å². The van der Waals surface area contributed by atoms with E-state index < -0.39 is 0 Å². The Balaban J connectivity index is 2.36. The molecule has 1 aromatic rings. The van der Waals surface area contributed by atoms with Crippen LogP contribution in [0.2, 0.25) is 0 Å². The van der Waals surface area contributed by atoms with Crippen LogP contribution >= 0.6 is 0 Å². The van der Waals surface area contributed by atoms with E-state index in [-0.39, 0.29) is 5.91 Å². The van der Waals surface area contributed by atoms with Gasteiger partial charge >= 0.3 is 0 Å². The van der Waals surface area contributed by atoms with Crippen molar-refractivity contribution < 1.29 is 9.53 Å². The number of nitrogens with one attached hydrogen (secondary N) is 1. The highest BCUT2D eigenvalue weighted by Gasteiger charge is 2.15. The smallest absolute Gasteiger partial charge is 0.221 e. The summed E-state index contributed by atoms with van der Waals surface area (Å²) in [7, 11) is 0. The SMILES string of the molecule is CC(=O)Nc1cccc2c1CCO2. The van der Waals surface area contributed by atoms with Crippen molar-refractivity contribution in [2.75, 3.05) is 11.9 Å². The first-order chi connectivity index (χ1) is 6.27. The summed E-state index contributed by atoms with van der Waals surface area (Å²) in [5, 5.41) is 2.79. The molecule has 0 saturated carbocycles. The van der Waals surface area contributed by atoms with Crippen LogP contribution in [0.3, 0.4) is 0 Å². The average Bonchev–Trinajstić information content (AvgIpc) is 2.51. The number of benzene rings is 1. The van der Waals surface area contributed by atoms with Crippen LogP contribution in [0.25, 0.3) is 0 Å². The monoisotopic (exact) mass is 177 g/mol. The summed E-state index contributed by atoms with van der Waals surface area (Å²) in [6.07, 6.45) is 0.881. The van der Waals surface area contributed by atoms with Gasteiger partial charge in [0.1, 0.15) is 5.75 Å². The fourth-order valence-corrected chi connectivity index (χ4v) is 1.53. The highest BCUT2D eigenvalue weighted by molar-refractivity contribution is 5.90. The lowest BCUT2D eigenvalue weighted by Crippen LogP contribution is -2.07. The van der Waals surface area contributed by atoms with E-state index in [4.69, 9.17) is 4.74 Å². The van der Waals surface area contributed by atoms with Crippen molar-refractivity contribution in [2.24, 2.45) is 0 Å². The number of hydrogen-bond acceptors (Lipinski definition) is 2. The maximum absolute atomic E-state index is 10.9. The molecular weight excluding hydrogens is 166 g/mol. The van der Waals surface area contributed by atoms with Crippen LogP contribution in [0, 0.1) is 0 Å². The Hall–Kier alpha value is -1.51. The van der Waals surface area contributed by atoms with E-state index in [1.54, 1.807) is 0 Å².